The molecule has 1 aromatic carbocycles. The first-order valence-electron chi connectivity index (χ1n) is 7.76. The van der Waals surface area contributed by atoms with Crippen molar-refractivity contribution in [3.63, 3.8) is 0 Å². The summed E-state index contributed by atoms with van der Waals surface area (Å²) in [5, 5.41) is 4.36. The molecule has 0 spiro atoms. The van der Waals surface area contributed by atoms with Crippen LogP contribution in [0.5, 0.6) is 5.75 Å². The van der Waals surface area contributed by atoms with Crippen LogP contribution in [-0.4, -0.2) is 20.2 Å². The molecule has 0 bridgehead atoms. The molecule has 1 aromatic rings. The summed E-state index contributed by atoms with van der Waals surface area (Å²) < 4.78 is 5.61. The fourth-order valence-electron chi connectivity index (χ4n) is 3.41. The van der Waals surface area contributed by atoms with Crippen LogP contribution >= 0.6 is 11.6 Å². The lowest BCUT2D eigenvalue weighted by molar-refractivity contribution is 0.327. The van der Waals surface area contributed by atoms with Gasteiger partial charge in [0.05, 0.1) is 7.11 Å². The molecule has 20 heavy (non-hydrogen) atoms. The third-order valence-electron chi connectivity index (χ3n) is 4.51. The van der Waals surface area contributed by atoms with E-state index in [0.717, 1.165) is 23.9 Å². The van der Waals surface area contributed by atoms with E-state index in [9.17, 15) is 0 Å². The fraction of sp³-hybridized carbons (Fsp3) is 0.647. The van der Waals surface area contributed by atoms with Gasteiger partial charge in [0, 0.05) is 22.5 Å². The molecule has 1 N–H and O–H groups in total. The van der Waals surface area contributed by atoms with Gasteiger partial charge in [0.25, 0.3) is 0 Å². The molecule has 2 nitrogen and oxygen atoms in total. The highest BCUT2D eigenvalue weighted by Crippen LogP contribution is 2.43. The van der Waals surface area contributed by atoms with Crippen LogP contribution in [0.1, 0.15) is 51.0 Å². The highest BCUT2D eigenvalue weighted by atomic mass is 35.5. The van der Waals surface area contributed by atoms with Crippen molar-refractivity contribution in [2.75, 3.05) is 20.2 Å². The van der Waals surface area contributed by atoms with Crippen LogP contribution in [0.3, 0.4) is 0 Å². The van der Waals surface area contributed by atoms with Gasteiger partial charge in [-0.25, -0.2) is 0 Å². The summed E-state index contributed by atoms with van der Waals surface area (Å²) in [5.74, 6) is 0.981. The number of hydrogen-bond donors (Lipinski definition) is 1. The van der Waals surface area contributed by atoms with Gasteiger partial charge in [-0.2, -0.15) is 0 Å². The fourth-order valence-corrected chi connectivity index (χ4v) is 3.58. The average Bonchev–Trinajstić information content (AvgIpc) is 2.71. The molecular weight excluding hydrogens is 270 g/mol. The molecule has 1 saturated carbocycles. The van der Waals surface area contributed by atoms with E-state index in [0.29, 0.717) is 0 Å². The number of halogens is 1. The Morgan fingerprint density at radius 3 is 2.50 bits per heavy atom. The molecule has 0 aliphatic heterocycles. The highest BCUT2D eigenvalue weighted by molar-refractivity contribution is 6.30. The molecule has 0 unspecified atom stereocenters. The lowest BCUT2D eigenvalue weighted by Gasteiger charge is -2.35. The first-order chi connectivity index (χ1) is 9.72. The first kappa shape index (κ1) is 15.7. The summed E-state index contributed by atoms with van der Waals surface area (Å²) in [6, 6.07) is 6.04. The quantitative estimate of drug-likeness (QED) is 0.805. The van der Waals surface area contributed by atoms with E-state index < -0.39 is 0 Å². The second kappa shape index (κ2) is 7.33. The minimum atomic E-state index is 0.169. The maximum absolute atomic E-state index is 6.25. The molecule has 1 fully saturated rings. The Morgan fingerprint density at radius 2 is 1.90 bits per heavy atom. The Morgan fingerprint density at radius 1 is 1.20 bits per heavy atom. The zero-order chi connectivity index (χ0) is 14.4. The van der Waals surface area contributed by atoms with Gasteiger partial charge in [-0.15, -0.1) is 0 Å². The molecule has 0 heterocycles. The van der Waals surface area contributed by atoms with Crippen LogP contribution < -0.4 is 10.1 Å². The van der Waals surface area contributed by atoms with Crippen LogP contribution in [0.15, 0.2) is 18.2 Å². The van der Waals surface area contributed by atoms with Crippen molar-refractivity contribution in [3.8, 4) is 5.75 Å². The summed E-state index contributed by atoms with van der Waals surface area (Å²) >= 11 is 6.25. The standard InChI is InChI=1S/C17H26ClNO/c1-3-19-13-17(10-6-4-5-7-11-17)15-12-14(18)8-9-16(15)20-2/h8-9,12,19H,3-7,10-11,13H2,1-2H3. The van der Waals surface area contributed by atoms with Gasteiger partial charge < -0.3 is 10.1 Å². The van der Waals surface area contributed by atoms with E-state index >= 15 is 0 Å². The molecule has 0 aromatic heterocycles. The topological polar surface area (TPSA) is 21.3 Å². The van der Waals surface area contributed by atoms with Gasteiger partial charge in [-0.1, -0.05) is 44.2 Å². The monoisotopic (exact) mass is 295 g/mol. The Labute approximate surface area is 127 Å². The van der Waals surface area contributed by atoms with Gasteiger partial charge >= 0.3 is 0 Å². The van der Waals surface area contributed by atoms with E-state index in [1.54, 1.807) is 7.11 Å². The molecule has 1 aliphatic rings. The number of likely N-dealkylation sites (N-methyl/N-ethyl adjacent to an activating group) is 1. The first-order valence-corrected chi connectivity index (χ1v) is 8.14. The molecule has 1 aliphatic carbocycles. The Balaban J connectivity index is 2.41. The van der Waals surface area contributed by atoms with Crippen LogP contribution in [0, 0.1) is 0 Å². The van der Waals surface area contributed by atoms with E-state index in [-0.39, 0.29) is 5.41 Å². The predicted octanol–water partition coefficient (Wildman–Crippen LogP) is 4.55. The zero-order valence-corrected chi connectivity index (χ0v) is 13.4. The molecule has 3 heteroatoms. The van der Waals surface area contributed by atoms with E-state index in [1.165, 1.54) is 44.1 Å². The van der Waals surface area contributed by atoms with E-state index in [2.05, 4.69) is 18.3 Å². The molecule has 2 rings (SSSR count). The smallest absolute Gasteiger partial charge is 0.122 e. The summed E-state index contributed by atoms with van der Waals surface area (Å²) in [6.45, 7) is 4.18. The number of ether oxygens (including phenoxy) is 1. The van der Waals surface area contributed by atoms with Crippen LogP contribution in [0.2, 0.25) is 5.02 Å². The number of rotatable bonds is 5. The largest absolute Gasteiger partial charge is 0.496 e. The summed E-state index contributed by atoms with van der Waals surface area (Å²) in [4.78, 5) is 0. The second-order valence-electron chi connectivity index (χ2n) is 5.82. The Bertz CT molecular complexity index is 425. The van der Waals surface area contributed by atoms with Gasteiger partial charge in [0.1, 0.15) is 5.75 Å². The predicted molar refractivity (Wildman–Crippen MR) is 85.9 cm³/mol. The van der Waals surface area contributed by atoms with Crippen molar-refractivity contribution >= 4 is 11.6 Å². The number of nitrogens with one attached hydrogen (secondary N) is 1. The van der Waals surface area contributed by atoms with Crippen molar-refractivity contribution in [1.29, 1.82) is 0 Å². The summed E-state index contributed by atoms with van der Waals surface area (Å²) in [5.41, 5.74) is 1.46. The average molecular weight is 296 g/mol. The van der Waals surface area contributed by atoms with E-state index in [4.69, 9.17) is 16.3 Å². The van der Waals surface area contributed by atoms with Gasteiger partial charge in [-0.3, -0.25) is 0 Å². The third kappa shape index (κ3) is 3.48. The van der Waals surface area contributed by atoms with Crippen molar-refractivity contribution in [1.82, 2.24) is 5.32 Å². The highest BCUT2D eigenvalue weighted by Gasteiger charge is 2.35. The van der Waals surface area contributed by atoms with Crippen molar-refractivity contribution in [2.24, 2.45) is 0 Å². The lowest BCUT2D eigenvalue weighted by atomic mass is 9.73. The number of hydrogen-bond acceptors (Lipinski definition) is 2. The summed E-state index contributed by atoms with van der Waals surface area (Å²) in [6.07, 6.45) is 7.71. The van der Waals surface area contributed by atoms with Crippen LogP contribution in [-0.2, 0) is 5.41 Å². The minimum absolute atomic E-state index is 0.169. The molecule has 0 radical (unpaired) electrons. The maximum atomic E-state index is 6.25. The van der Waals surface area contributed by atoms with Crippen molar-refractivity contribution in [2.45, 2.75) is 50.9 Å². The molecular formula is C17H26ClNO. The number of methoxy groups -OCH3 is 1. The minimum Gasteiger partial charge on any atom is -0.496 e. The third-order valence-corrected chi connectivity index (χ3v) is 4.74. The Hall–Kier alpha value is -0.730. The van der Waals surface area contributed by atoms with Crippen molar-refractivity contribution < 1.29 is 4.74 Å². The SMILES string of the molecule is CCNCC1(c2cc(Cl)ccc2OC)CCCCCC1. The van der Waals surface area contributed by atoms with E-state index in [1.807, 2.05) is 12.1 Å². The lowest BCUT2D eigenvalue weighted by Crippen LogP contribution is -2.38. The van der Waals surface area contributed by atoms with Crippen LogP contribution in [0.4, 0.5) is 0 Å². The molecule has 0 saturated heterocycles. The van der Waals surface area contributed by atoms with Gasteiger partial charge in [-0.05, 0) is 37.6 Å². The van der Waals surface area contributed by atoms with Gasteiger partial charge in [0.2, 0.25) is 0 Å². The zero-order valence-electron chi connectivity index (χ0n) is 12.7. The van der Waals surface area contributed by atoms with Crippen molar-refractivity contribution in [3.05, 3.63) is 28.8 Å². The van der Waals surface area contributed by atoms with Gasteiger partial charge in [0.15, 0.2) is 0 Å². The molecule has 112 valence electrons. The van der Waals surface area contributed by atoms with Crippen LogP contribution in [0.25, 0.3) is 0 Å². The second-order valence-corrected chi connectivity index (χ2v) is 6.26. The summed E-state index contributed by atoms with van der Waals surface area (Å²) in [7, 11) is 1.75. The normalized spacial score (nSPS) is 18.6. The molecule has 0 atom stereocenters. The number of benzene rings is 1. The maximum Gasteiger partial charge on any atom is 0.122 e. The molecule has 0 amide bonds. The Kier molecular flexibility index (Phi) is 5.74.